The molecule has 2 rings (SSSR count). The number of para-hydroxylation sites is 1. The molecule has 1 heterocycles. The fraction of sp³-hybridized carbons (Fsp3) is 0.556. The lowest BCUT2D eigenvalue weighted by molar-refractivity contribution is -0.137. The summed E-state index contributed by atoms with van der Waals surface area (Å²) in [6.07, 6.45) is 3.76. The lowest BCUT2D eigenvalue weighted by atomic mass is 9.97. The highest BCUT2D eigenvalue weighted by Gasteiger charge is 2.22. The van der Waals surface area contributed by atoms with Gasteiger partial charge >= 0.3 is 5.97 Å². The maximum absolute atomic E-state index is 12.1. The number of carbonyl (C=O) groups is 2. The van der Waals surface area contributed by atoms with E-state index in [-0.39, 0.29) is 12.3 Å². The lowest BCUT2D eigenvalue weighted by Crippen LogP contribution is -2.39. The monoisotopic (exact) mass is 319 g/mol. The van der Waals surface area contributed by atoms with E-state index in [1.165, 1.54) is 0 Å². The molecule has 1 aliphatic rings. The number of aliphatic carboxylic acids is 1. The quantitative estimate of drug-likeness (QED) is 0.748. The standard InChI is InChI=1S/C18H25NO4/c20-17(8-4-5-9-18(21)22)19-12-10-15(11-13-19)14-23-16-6-2-1-3-7-16/h1-3,6-7,15H,4-5,8-14H2,(H,21,22). The van der Waals surface area contributed by atoms with Crippen molar-refractivity contribution < 1.29 is 19.4 Å². The summed E-state index contributed by atoms with van der Waals surface area (Å²) in [4.78, 5) is 24.4. The van der Waals surface area contributed by atoms with Crippen molar-refractivity contribution in [1.29, 1.82) is 0 Å². The van der Waals surface area contributed by atoms with E-state index in [0.717, 1.165) is 31.7 Å². The van der Waals surface area contributed by atoms with Crippen molar-refractivity contribution >= 4 is 11.9 Å². The van der Waals surface area contributed by atoms with Crippen molar-refractivity contribution in [2.75, 3.05) is 19.7 Å². The Balaban J connectivity index is 1.61. The van der Waals surface area contributed by atoms with Crippen LogP contribution < -0.4 is 4.74 Å². The number of carbonyl (C=O) groups excluding carboxylic acids is 1. The summed E-state index contributed by atoms with van der Waals surface area (Å²) in [6, 6.07) is 9.79. The summed E-state index contributed by atoms with van der Waals surface area (Å²) in [7, 11) is 0. The minimum atomic E-state index is -0.795. The number of ether oxygens (including phenoxy) is 1. The van der Waals surface area contributed by atoms with Gasteiger partial charge in [-0.2, -0.15) is 0 Å². The highest BCUT2D eigenvalue weighted by molar-refractivity contribution is 5.76. The molecule has 1 N–H and O–H groups in total. The third kappa shape index (κ3) is 6.30. The maximum atomic E-state index is 12.1. The molecular weight excluding hydrogens is 294 g/mol. The molecule has 1 fully saturated rings. The zero-order valence-corrected chi connectivity index (χ0v) is 13.4. The third-order valence-corrected chi connectivity index (χ3v) is 4.23. The second kappa shape index (κ2) is 9.18. The summed E-state index contributed by atoms with van der Waals surface area (Å²) < 4.78 is 5.78. The first-order valence-electron chi connectivity index (χ1n) is 8.32. The molecule has 0 aliphatic carbocycles. The number of rotatable bonds is 8. The highest BCUT2D eigenvalue weighted by atomic mass is 16.5. The van der Waals surface area contributed by atoms with Gasteiger partial charge in [0, 0.05) is 25.9 Å². The van der Waals surface area contributed by atoms with Gasteiger partial charge in [0.25, 0.3) is 0 Å². The number of hydrogen-bond donors (Lipinski definition) is 1. The molecule has 1 aromatic rings. The van der Waals surface area contributed by atoms with Crippen LogP contribution in [0, 0.1) is 5.92 Å². The van der Waals surface area contributed by atoms with Crippen LogP contribution in [0.15, 0.2) is 30.3 Å². The minimum absolute atomic E-state index is 0.145. The Hall–Kier alpha value is -2.04. The summed E-state index contributed by atoms with van der Waals surface area (Å²) in [6.45, 7) is 2.26. The highest BCUT2D eigenvalue weighted by Crippen LogP contribution is 2.20. The van der Waals surface area contributed by atoms with Gasteiger partial charge in [0.15, 0.2) is 0 Å². The number of hydrogen-bond acceptors (Lipinski definition) is 3. The molecule has 1 aliphatic heterocycles. The van der Waals surface area contributed by atoms with E-state index in [0.29, 0.717) is 31.8 Å². The number of benzene rings is 1. The molecule has 0 unspecified atom stereocenters. The fourth-order valence-corrected chi connectivity index (χ4v) is 2.79. The molecule has 5 heteroatoms. The number of likely N-dealkylation sites (tertiary alicyclic amines) is 1. The van der Waals surface area contributed by atoms with Gasteiger partial charge in [0.05, 0.1) is 6.61 Å². The number of nitrogens with zero attached hydrogens (tertiary/aromatic N) is 1. The molecule has 0 bridgehead atoms. The van der Waals surface area contributed by atoms with Crippen molar-refractivity contribution in [1.82, 2.24) is 4.90 Å². The van der Waals surface area contributed by atoms with Gasteiger partial charge in [0.2, 0.25) is 5.91 Å². The van der Waals surface area contributed by atoms with E-state index in [1.807, 2.05) is 35.2 Å². The number of unbranched alkanes of at least 4 members (excludes halogenated alkanes) is 1. The second-order valence-corrected chi connectivity index (χ2v) is 6.05. The summed E-state index contributed by atoms with van der Waals surface area (Å²) in [5.41, 5.74) is 0. The fourth-order valence-electron chi connectivity index (χ4n) is 2.79. The van der Waals surface area contributed by atoms with Gasteiger partial charge in [0.1, 0.15) is 5.75 Å². The molecule has 1 aromatic carbocycles. The van der Waals surface area contributed by atoms with E-state index < -0.39 is 5.97 Å². The smallest absolute Gasteiger partial charge is 0.303 e. The molecule has 5 nitrogen and oxygen atoms in total. The second-order valence-electron chi connectivity index (χ2n) is 6.05. The van der Waals surface area contributed by atoms with Crippen LogP contribution >= 0.6 is 0 Å². The van der Waals surface area contributed by atoms with Gasteiger partial charge in [-0.15, -0.1) is 0 Å². The molecule has 0 atom stereocenters. The van der Waals surface area contributed by atoms with Crippen LogP contribution in [0.2, 0.25) is 0 Å². The van der Waals surface area contributed by atoms with E-state index in [1.54, 1.807) is 0 Å². The zero-order valence-electron chi connectivity index (χ0n) is 13.4. The van der Waals surface area contributed by atoms with Crippen LogP contribution in [0.4, 0.5) is 0 Å². The predicted molar refractivity (Wildman–Crippen MR) is 87.3 cm³/mol. The average Bonchev–Trinajstić information content (AvgIpc) is 2.58. The Morgan fingerprint density at radius 3 is 2.39 bits per heavy atom. The topological polar surface area (TPSA) is 66.8 Å². The van der Waals surface area contributed by atoms with Gasteiger partial charge < -0.3 is 14.7 Å². The van der Waals surface area contributed by atoms with Crippen molar-refractivity contribution in [2.45, 2.75) is 38.5 Å². The summed E-state index contributed by atoms with van der Waals surface area (Å²) in [5.74, 6) is 0.741. The molecular formula is C18H25NO4. The van der Waals surface area contributed by atoms with E-state index in [9.17, 15) is 9.59 Å². The lowest BCUT2D eigenvalue weighted by Gasteiger charge is -2.32. The van der Waals surface area contributed by atoms with E-state index in [4.69, 9.17) is 9.84 Å². The van der Waals surface area contributed by atoms with Crippen molar-refractivity contribution in [3.8, 4) is 5.75 Å². The molecule has 0 radical (unpaired) electrons. The van der Waals surface area contributed by atoms with Crippen molar-refractivity contribution in [3.05, 3.63) is 30.3 Å². The molecule has 0 saturated carbocycles. The van der Waals surface area contributed by atoms with Crippen LogP contribution in [-0.4, -0.2) is 41.6 Å². The van der Waals surface area contributed by atoms with Gasteiger partial charge in [-0.3, -0.25) is 9.59 Å². The Morgan fingerprint density at radius 2 is 1.74 bits per heavy atom. The van der Waals surface area contributed by atoms with Crippen molar-refractivity contribution in [2.24, 2.45) is 5.92 Å². The van der Waals surface area contributed by atoms with Gasteiger partial charge in [-0.25, -0.2) is 0 Å². The van der Waals surface area contributed by atoms with Gasteiger partial charge in [-0.1, -0.05) is 18.2 Å². The number of piperidine rings is 1. The van der Waals surface area contributed by atoms with Gasteiger partial charge in [-0.05, 0) is 43.7 Å². The van der Waals surface area contributed by atoms with Crippen LogP contribution in [-0.2, 0) is 9.59 Å². The van der Waals surface area contributed by atoms with Crippen LogP contribution in [0.5, 0.6) is 5.75 Å². The minimum Gasteiger partial charge on any atom is -0.493 e. The van der Waals surface area contributed by atoms with Crippen LogP contribution in [0.1, 0.15) is 38.5 Å². The SMILES string of the molecule is O=C(O)CCCCC(=O)N1CCC(COc2ccccc2)CC1. The molecule has 1 amide bonds. The van der Waals surface area contributed by atoms with Crippen LogP contribution in [0.25, 0.3) is 0 Å². The normalized spacial score (nSPS) is 15.4. The molecule has 0 spiro atoms. The molecule has 126 valence electrons. The number of carboxylic acid groups (broad SMARTS) is 1. The first-order valence-corrected chi connectivity index (χ1v) is 8.32. The zero-order chi connectivity index (χ0) is 16.5. The molecule has 23 heavy (non-hydrogen) atoms. The Labute approximate surface area is 137 Å². The Kier molecular flexibility index (Phi) is 6.91. The van der Waals surface area contributed by atoms with E-state index in [2.05, 4.69) is 0 Å². The Morgan fingerprint density at radius 1 is 1.09 bits per heavy atom. The maximum Gasteiger partial charge on any atom is 0.303 e. The first-order chi connectivity index (χ1) is 11.1. The third-order valence-electron chi connectivity index (χ3n) is 4.23. The number of carboxylic acids is 1. The molecule has 1 saturated heterocycles. The summed E-state index contributed by atoms with van der Waals surface area (Å²) >= 11 is 0. The summed E-state index contributed by atoms with van der Waals surface area (Å²) in [5, 5.41) is 8.58. The largest absolute Gasteiger partial charge is 0.493 e. The Bertz CT molecular complexity index is 495. The predicted octanol–water partition coefficient (Wildman–Crippen LogP) is 2.95. The first kappa shape index (κ1) is 17.3. The van der Waals surface area contributed by atoms with Crippen LogP contribution in [0.3, 0.4) is 0 Å². The average molecular weight is 319 g/mol. The van der Waals surface area contributed by atoms with E-state index >= 15 is 0 Å². The van der Waals surface area contributed by atoms with Crippen molar-refractivity contribution in [3.63, 3.8) is 0 Å². The number of amides is 1. The molecule has 0 aromatic heterocycles.